The van der Waals surface area contributed by atoms with Crippen LogP contribution in [-0.4, -0.2) is 36.7 Å². The van der Waals surface area contributed by atoms with Crippen LogP contribution in [0.1, 0.15) is 45.1 Å². The van der Waals surface area contributed by atoms with Crippen molar-refractivity contribution in [1.29, 1.82) is 0 Å². The van der Waals surface area contributed by atoms with Crippen molar-refractivity contribution in [3.05, 3.63) is 28.2 Å². The largest absolute Gasteiger partial charge is 0.349 e. The number of halogens is 3. The van der Waals surface area contributed by atoms with E-state index in [0.717, 1.165) is 15.7 Å². The second-order valence-electron chi connectivity index (χ2n) is 6.21. The van der Waals surface area contributed by atoms with Crippen molar-refractivity contribution < 1.29 is 14.3 Å². The van der Waals surface area contributed by atoms with Crippen LogP contribution in [0.2, 0.25) is 0 Å². The number of amides is 1. The molecule has 7 heteroatoms. The molecular formula is C19H26BrCl2NO3. The summed E-state index contributed by atoms with van der Waals surface area (Å²) in [7, 11) is 0. The normalized spacial score (nSPS) is 19.5. The van der Waals surface area contributed by atoms with Crippen LogP contribution in [0.25, 0.3) is 0 Å². The summed E-state index contributed by atoms with van der Waals surface area (Å²) in [6.45, 7) is 4.85. The molecule has 1 saturated carbocycles. The number of anilines is 1. The fourth-order valence-electron chi connectivity index (χ4n) is 3.74. The highest BCUT2D eigenvalue weighted by molar-refractivity contribution is 9.10. The van der Waals surface area contributed by atoms with Gasteiger partial charge < -0.3 is 14.8 Å². The number of rotatable bonds is 6. The Morgan fingerprint density at radius 2 is 1.65 bits per heavy atom. The molecule has 1 amide bonds. The van der Waals surface area contributed by atoms with E-state index in [-0.39, 0.29) is 5.91 Å². The molecule has 2 aliphatic rings. The number of alkyl halides is 2. The van der Waals surface area contributed by atoms with Gasteiger partial charge in [0.2, 0.25) is 5.91 Å². The third-order valence-electron chi connectivity index (χ3n) is 4.93. The number of ether oxygens (including phenoxy) is 2. The summed E-state index contributed by atoms with van der Waals surface area (Å²) < 4.78 is 12.8. The lowest BCUT2D eigenvalue weighted by Crippen LogP contribution is -2.48. The van der Waals surface area contributed by atoms with Crippen molar-refractivity contribution in [2.45, 2.75) is 50.7 Å². The molecule has 26 heavy (non-hydrogen) atoms. The molecule has 0 atom stereocenters. The zero-order valence-corrected chi connectivity index (χ0v) is 18.3. The minimum absolute atomic E-state index is 0.0684. The van der Waals surface area contributed by atoms with E-state index >= 15 is 0 Å². The van der Waals surface area contributed by atoms with Crippen LogP contribution in [0.4, 0.5) is 5.69 Å². The highest BCUT2D eigenvalue weighted by Crippen LogP contribution is 2.51. The molecule has 146 valence electrons. The minimum atomic E-state index is -0.687. The molecule has 1 fully saturated rings. The van der Waals surface area contributed by atoms with Crippen molar-refractivity contribution in [1.82, 2.24) is 0 Å². The molecule has 1 aliphatic carbocycles. The Morgan fingerprint density at radius 3 is 2.19 bits per heavy atom. The molecule has 1 aliphatic heterocycles. The van der Waals surface area contributed by atoms with E-state index in [0.29, 0.717) is 50.7 Å². The summed E-state index contributed by atoms with van der Waals surface area (Å²) >= 11 is 15.0. The summed E-state index contributed by atoms with van der Waals surface area (Å²) in [5, 5.41) is 3.02. The number of carbonyl (C=O) groups is 1. The monoisotopic (exact) mass is 465 g/mol. The molecule has 1 N–H and O–H groups in total. The van der Waals surface area contributed by atoms with E-state index in [1.165, 1.54) is 0 Å². The van der Waals surface area contributed by atoms with Gasteiger partial charge in [-0.3, -0.25) is 4.79 Å². The maximum Gasteiger partial charge on any atom is 0.235 e. The van der Waals surface area contributed by atoms with Crippen molar-refractivity contribution >= 4 is 50.7 Å². The average Bonchev–Trinajstić information content (AvgIpc) is 2.93. The summed E-state index contributed by atoms with van der Waals surface area (Å²) in [6.07, 6.45) is 2.64. The van der Waals surface area contributed by atoms with Crippen LogP contribution >= 0.6 is 39.1 Å². The Balaban J connectivity index is 0.00000117. The molecule has 1 heterocycles. The lowest BCUT2D eigenvalue weighted by atomic mass is 9.68. The van der Waals surface area contributed by atoms with Gasteiger partial charge in [-0.05, 0) is 30.5 Å². The maximum absolute atomic E-state index is 12.7. The maximum atomic E-state index is 12.7. The van der Waals surface area contributed by atoms with Gasteiger partial charge in [0.1, 0.15) is 0 Å². The Bertz CT molecular complexity index is 609. The Hall–Kier alpha value is -0.330. The molecule has 0 unspecified atom stereocenters. The van der Waals surface area contributed by atoms with E-state index in [1.54, 1.807) is 0 Å². The van der Waals surface area contributed by atoms with Gasteiger partial charge in [-0.15, -0.1) is 23.2 Å². The molecule has 0 aromatic heterocycles. The van der Waals surface area contributed by atoms with Gasteiger partial charge in [0.15, 0.2) is 5.79 Å². The van der Waals surface area contributed by atoms with Crippen molar-refractivity contribution in [2.75, 3.05) is 30.3 Å². The Labute approximate surface area is 174 Å². The zero-order chi connectivity index (χ0) is 19.2. The number of benzene rings is 1. The molecule has 0 saturated heterocycles. The number of nitrogens with one attached hydrogen (secondary N) is 1. The molecule has 1 aromatic carbocycles. The van der Waals surface area contributed by atoms with Gasteiger partial charge in [0, 0.05) is 34.8 Å². The second kappa shape index (κ2) is 9.74. The summed E-state index contributed by atoms with van der Waals surface area (Å²) in [6, 6.07) is 5.97. The lowest BCUT2D eigenvalue weighted by molar-refractivity contribution is -0.251. The molecule has 4 nitrogen and oxygen atoms in total. The SMILES string of the molecule is CC.O=C1Nc2cc(Br)ccc2C12CCC(OCCCl)(OCCCl)CC2. The van der Waals surface area contributed by atoms with Crippen LogP contribution in [0, 0.1) is 0 Å². The quantitative estimate of drug-likeness (QED) is 0.448. The third-order valence-corrected chi connectivity index (χ3v) is 5.73. The third kappa shape index (κ3) is 4.39. The summed E-state index contributed by atoms with van der Waals surface area (Å²) in [4.78, 5) is 12.7. The van der Waals surface area contributed by atoms with Crippen LogP contribution in [0.5, 0.6) is 0 Å². The standard InChI is InChI=1S/C17H20BrCl2NO3.C2H6/c18-12-1-2-13-14(11-12)21-15(22)16(13)3-5-17(6-4-16,23-9-7-19)24-10-8-20;1-2/h1-2,11H,3-10H2,(H,21,22);1-2H3. The predicted molar refractivity (Wildman–Crippen MR) is 110 cm³/mol. The molecule has 0 bridgehead atoms. The van der Waals surface area contributed by atoms with Crippen molar-refractivity contribution in [3.8, 4) is 0 Å². The fourth-order valence-corrected chi connectivity index (χ4v) is 4.25. The van der Waals surface area contributed by atoms with Gasteiger partial charge in [-0.25, -0.2) is 0 Å². The lowest BCUT2D eigenvalue weighted by Gasteiger charge is -2.43. The molecular weight excluding hydrogens is 441 g/mol. The number of carbonyl (C=O) groups excluding carboxylic acids is 1. The summed E-state index contributed by atoms with van der Waals surface area (Å²) in [5.41, 5.74) is 1.47. The van der Waals surface area contributed by atoms with Crippen molar-refractivity contribution in [3.63, 3.8) is 0 Å². The van der Waals surface area contributed by atoms with E-state index in [9.17, 15) is 4.79 Å². The van der Waals surface area contributed by atoms with E-state index in [4.69, 9.17) is 32.7 Å². The first-order valence-electron chi connectivity index (χ1n) is 9.07. The highest BCUT2D eigenvalue weighted by atomic mass is 79.9. The van der Waals surface area contributed by atoms with E-state index in [2.05, 4.69) is 21.2 Å². The van der Waals surface area contributed by atoms with Gasteiger partial charge >= 0.3 is 0 Å². The van der Waals surface area contributed by atoms with E-state index in [1.807, 2.05) is 32.0 Å². The van der Waals surface area contributed by atoms with Gasteiger partial charge in [0.25, 0.3) is 0 Å². The Morgan fingerprint density at radius 1 is 1.08 bits per heavy atom. The first kappa shape index (κ1) is 22.0. The topological polar surface area (TPSA) is 47.6 Å². The predicted octanol–water partition coefficient (Wildman–Crippen LogP) is 5.45. The van der Waals surface area contributed by atoms with Crippen LogP contribution in [0.15, 0.2) is 22.7 Å². The van der Waals surface area contributed by atoms with Gasteiger partial charge in [-0.1, -0.05) is 35.8 Å². The molecule has 1 aromatic rings. The Kier molecular flexibility index (Phi) is 8.23. The minimum Gasteiger partial charge on any atom is -0.349 e. The van der Waals surface area contributed by atoms with Gasteiger partial charge in [-0.2, -0.15) is 0 Å². The van der Waals surface area contributed by atoms with E-state index < -0.39 is 11.2 Å². The van der Waals surface area contributed by atoms with Crippen LogP contribution in [0.3, 0.4) is 0 Å². The molecule has 1 spiro atoms. The average molecular weight is 467 g/mol. The first-order chi connectivity index (χ1) is 12.6. The molecule has 3 rings (SSSR count). The van der Waals surface area contributed by atoms with Crippen LogP contribution in [-0.2, 0) is 19.7 Å². The number of hydrogen-bond acceptors (Lipinski definition) is 3. The fraction of sp³-hybridized carbons (Fsp3) is 0.632. The van der Waals surface area contributed by atoms with Crippen molar-refractivity contribution in [2.24, 2.45) is 0 Å². The first-order valence-corrected chi connectivity index (χ1v) is 10.9. The second-order valence-corrected chi connectivity index (χ2v) is 7.88. The number of hydrogen-bond donors (Lipinski definition) is 1. The smallest absolute Gasteiger partial charge is 0.235 e. The highest BCUT2D eigenvalue weighted by Gasteiger charge is 2.52. The van der Waals surface area contributed by atoms with Gasteiger partial charge in [0.05, 0.1) is 18.6 Å². The number of fused-ring (bicyclic) bond motifs is 2. The molecule has 0 radical (unpaired) electrons. The zero-order valence-electron chi connectivity index (χ0n) is 15.2. The summed E-state index contributed by atoms with van der Waals surface area (Å²) in [5.74, 6) is 0.204. The van der Waals surface area contributed by atoms with Crippen LogP contribution < -0.4 is 5.32 Å².